The minimum absolute atomic E-state index is 0.00512. The van der Waals surface area contributed by atoms with Crippen LogP contribution in [0.3, 0.4) is 0 Å². The molecule has 2 heterocycles. The molecule has 1 aliphatic rings. The van der Waals surface area contributed by atoms with E-state index in [1.165, 1.54) is 0 Å². The maximum atomic E-state index is 13.2. The summed E-state index contributed by atoms with van der Waals surface area (Å²) in [5, 5.41) is 0.685. The van der Waals surface area contributed by atoms with Gasteiger partial charge in [-0.15, -0.1) is 0 Å². The minimum Gasteiger partial charge on any atom is -0.493 e. The molecule has 2 aromatic carbocycles. The molecular weight excluding hydrogens is 400 g/mol. The summed E-state index contributed by atoms with van der Waals surface area (Å²) >= 11 is 5.93. The number of amides is 1. The van der Waals surface area contributed by atoms with Crippen LogP contribution in [0, 0.1) is 0 Å². The van der Waals surface area contributed by atoms with Crippen LogP contribution in [-0.2, 0) is 6.61 Å². The second-order valence-corrected chi connectivity index (χ2v) is 7.63. The average Bonchev–Trinajstić information content (AvgIpc) is 3.28. The molecule has 1 saturated heterocycles. The lowest BCUT2D eigenvalue weighted by Crippen LogP contribution is -2.31. The zero-order valence-electron chi connectivity index (χ0n) is 16.8. The number of rotatable bonds is 6. The number of aromatic nitrogens is 1. The highest BCUT2D eigenvalue weighted by molar-refractivity contribution is 6.30. The van der Waals surface area contributed by atoms with Crippen LogP contribution in [0.1, 0.15) is 40.5 Å². The molecule has 6 heteroatoms. The zero-order valence-corrected chi connectivity index (χ0v) is 17.5. The molecule has 0 radical (unpaired) electrons. The van der Waals surface area contributed by atoms with E-state index in [1.807, 2.05) is 47.4 Å². The lowest BCUT2D eigenvalue weighted by molar-refractivity contribution is 0.0732. The number of likely N-dealkylation sites (tertiary alicyclic amines) is 1. The average molecular weight is 423 g/mol. The molecule has 1 atom stereocenters. The van der Waals surface area contributed by atoms with E-state index >= 15 is 0 Å². The molecule has 1 unspecified atom stereocenters. The number of carbonyl (C=O) groups is 1. The standard InChI is InChI=1S/C24H23ClN2O3/c1-29-23-15-18(9-12-22(23)30-16-17-7-10-19(25)11-8-17)24(28)27-14-4-6-21(27)20-5-2-3-13-26-20/h2-3,5,7-13,15,21H,4,6,14,16H2,1H3. The third-order valence-electron chi connectivity index (χ3n) is 5.26. The number of halogens is 1. The van der Waals surface area contributed by atoms with E-state index in [-0.39, 0.29) is 11.9 Å². The first-order valence-corrected chi connectivity index (χ1v) is 10.3. The lowest BCUT2D eigenvalue weighted by atomic mass is 10.1. The normalized spacial score (nSPS) is 15.8. The van der Waals surface area contributed by atoms with Crippen molar-refractivity contribution in [2.75, 3.05) is 13.7 Å². The van der Waals surface area contributed by atoms with Crippen molar-refractivity contribution in [1.29, 1.82) is 0 Å². The highest BCUT2D eigenvalue weighted by atomic mass is 35.5. The third kappa shape index (κ3) is 4.41. The van der Waals surface area contributed by atoms with E-state index in [1.54, 1.807) is 31.5 Å². The first kappa shape index (κ1) is 20.2. The van der Waals surface area contributed by atoms with Gasteiger partial charge in [0.25, 0.3) is 5.91 Å². The van der Waals surface area contributed by atoms with Gasteiger partial charge in [0.1, 0.15) is 6.61 Å². The van der Waals surface area contributed by atoms with Gasteiger partial charge in [-0.1, -0.05) is 29.8 Å². The van der Waals surface area contributed by atoms with Gasteiger partial charge >= 0.3 is 0 Å². The maximum Gasteiger partial charge on any atom is 0.254 e. The van der Waals surface area contributed by atoms with Crippen molar-refractivity contribution in [3.8, 4) is 11.5 Å². The number of benzene rings is 2. The molecule has 1 aromatic heterocycles. The number of ether oxygens (including phenoxy) is 2. The Morgan fingerprint density at radius 2 is 1.97 bits per heavy atom. The number of nitrogens with zero attached hydrogens (tertiary/aromatic N) is 2. The number of methoxy groups -OCH3 is 1. The third-order valence-corrected chi connectivity index (χ3v) is 5.51. The molecule has 1 aliphatic heterocycles. The summed E-state index contributed by atoms with van der Waals surface area (Å²) in [6.07, 6.45) is 3.65. The molecule has 30 heavy (non-hydrogen) atoms. The SMILES string of the molecule is COc1cc(C(=O)N2CCCC2c2ccccn2)ccc1OCc1ccc(Cl)cc1. The van der Waals surface area contributed by atoms with Crippen LogP contribution in [0.15, 0.2) is 66.9 Å². The monoisotopic (exact) mass is 422 g/mol. The van der Waals surface area contributed by atoms with E-state index in [0.29, 0.717) is 28.7 Å². The van der Waals surface area contributed by atoms with Gasteiger partial charge in [-0.05, 0) is 60.9 Å². The van der Waals surface area contributed by atoms with Crippen LogP contribution in [0.4, 0.5) is 0 Å². The molecule has 0 spiro atoms. The lowest BCUT2D eigenvalue weighted by Gasteiger charge is -2.24. The van der Waals surface area contributed by atoms with Crippen molar-refractivity contribution < 1.29 is 14.3 Å². The van der Waals surface area contributed by atoms with E-state index in [0.717, 1.165) is 30.6 Å². The van der Waals surface area contributed by atoms with Crippen LogP contribution in [0.5, 0.6) is 11.5 Å². The molecular formula is C24H23ClN2O3. The van der Waals surface area contributed by atoms with Gasteiger partial charge < -0.3 is 14.4 Å². The Hall–Kier alpha value is -3.05. The van der Waals surface area contributed by atoms with Crippen molar-refractivity contribution >= 4 is 17.5 Å². The number of pyridine rings is 1. The summed E-state index contributed by atoms with van der Waals surface area (Å²) in [6, 6.07) is 18.6. The fraction of sp³-hybridized carbons (Fsp3) is 0.250. The quantitative estimate of drug-likeness (QED) is 0.541. The topological polar surface area (TPSA) is 51.7 Å². The predicted octanol–water partition coefficient (Wildman–Crippen LogP) is 5.30. The summed E-state index contributed by atoms with van der Waals surface area (Å²) in [5.74, 6) is 1.10. The Bertz CT molecular complexity index is 1010. The fourth-order valence-electron chi connectivity index (χ4n) is 3.72. The second kappa shape index (κ2) is 9.18. The van der Waals surface area contributed by atoms with Crippen LogP contribution in [-0.4, -0.2) is 29.4 Å². The van der Waals surface area contributed by atoms with Gasteiger partial charge in [-0.2, -0.15) is 0 Å². The van der Waals surface area contributed by atoms with Gasteiger partial charge in [-0.25, -0.2) is 0 Å². The molecule has 0 N–H and O–H groups in total. The number of hydrogen-bond donors (Lipinski definition) is 0. The summed E-state index contributed by atoms with van der Waals surface area (Å²) in [5.41, 5.74) is 2.50. The van der Waals surface area contributed by atoms with Crippen LogP contribution < -0.4 is 9.47 Å². The number of hydrogen-bond acceptors (Lipinski definition) is 4. The highest BCUT2D eigenvalue weighted by Gasteiger charge is 2.31. The Morgan fingerprint density at radius 3 is 2.70 bits per heavy atom. The van der Waals surface area contributed by atoms with Crippen molar-refractivity contribution in [1.82, 2.24) is 9.88 Å². The first-order chi connectivity index (χ1) is 14.7. The van der Waals surface area contributed by atoms with E-state index in [9.17, 15) is 4.79 Å². The summed E-state index contributed by atoms with van der Waals surface area (Å²) in [7, 11) is 1.57. The van der Waals surface area contributed by atoms with Gasteiger partial charge in [0.2, 0.25) is 0 Å². The van der Waals surface area contributed by atoms with Crippen LogP contribution >= 0.6 is 11.6 Å². The van der Waals surface area contributed by atoms with Gasteiger partial charge in [-0.3, -0.25) is 9.78 Å². The fourth-order valence-corrected chi connectivity index (χ4v) is 3.84. The molecule has 5 nitrogen and oxygen atoms in total. The number of carbonyl (C=O) groups excluding carboxylic acids is 1. The Balaban J connectivity index is 1.50. The van der Waals surface area contributed by atoms with Gasteiger partial charge in [0.05, 0.1) is 18.8 Å². The van der Waals surface area contributed by atoms with Crippen molar-refractivity contribution in [2.45, 2.75) is 25.5 Å². The molecule has 4 rings (SSSR count). The Kier molecular flexibility index (Phi) is 6.19. The van der Waals surface area contributed by atoms with Gasteiger partial charge in [0, 0.05) is 23.3 Å². The summed E-state index contributed by atoms with van der Waals surface area (Å²) in [6.45, 7) is 1.10. The molecule has 154 valence electrons. The maximum absolute atomic E-state index is 13.2. The summed E-state index contributed by atoms with van der Waals surface area (Å²) in [4.78, 5) is 19.6. The Morgan fingerprint density at radius 1 is 1.13 bits per heavy atom. The molecule has 1 amide bonds. The predicted molar refractivity (Wildman–Crippen MR) is 116 cm³/mol. The van der Waals surface area contributed by atoms with E-state index in [2.05, 4.69) is 4.98 Å². The van der Waals surface area contributed by atoms with Gasteiger partial charge in [0.15, 0.2) is 11.5 Å². The zero-order chi connectivity index (χ0) is 20.9. The molecule has 0 aliphatic carbocycles. The van der Waals surface area contributed by atoms with E-state index in [4.69, 9.17) is 21.1 Å². The molecule has 1 fully saturated rings. The largest absolute Gasteiger partial charge is 0.493 e. The van der Waals surface area contributed by atoms with Crippen molar-refractivity contribution in [3.63, 3.8) is 0 Å². The van der Waals surface area contributed by atoms with Crippen molar-refractivity contribution in [3.05, 3.63) is 88.7 Å². The van der Waals surface area contributed by atoms with Crippen molar-refractivity contribution in [2.24, 2.45) is 0 Å². The second-order valence-electron chi connectivity index (χ2n) is 7.19. The van der Waals surface area contributed by atoms with E-state index < -0.39 is 0 Å². The molecule has 0 bridgehead atoms. The molecule has 0 saturated carbocycles. The highest BCUT2D eigenvalue weighted by Crippen LogP contribution is 2.34. The minimum atomic E-state index is -0.0225. The van der Waals surface area contributed by atoms with Crippen LogP contribution in [0.2, 0.25) is 5.02 Å². The smallest absolute Gasteiger partial charge is 0.254 e. The Labute approximate surface area is 181 Å². The van der Waals surface area contributed by atoms with Crippen LogP contribution in [0.25, 0.3) is 0 Å². The molecule has 3 aromatic rings. The summed E-state index contributed by atoms with van der Waals surface area (Å²) < 4.78 is 11.4. The first-order valence-electron chi connectivity index (χ1n) is 9.93.